The largest absolute Gasteiger partial charge is 0.311 e. The SMILES string of the molecule is CC(C)(C)c1ccc2c(c1)c1cc(C(C)(C)C)cc3c1n2-c1c2c4c5c(c1C1CCCCC1)-n1c6ccc(C7CCCCC7)cc6c6cc(C7CCCCC7)cc(c61)B5c1cc(C(C)(C)C)cc5c6cc(C(C)(C)C)cc(c6n-4c15)B23. The minimum absolute atomic E-state index is 0.0121. The molecule has 3 nitrogen and oxygen atoms in total. The predicted octanol–water partition coefficient (Wildman–Crippen LogP) is 16.6. The van der Waals surface area contributed by atoms with Crippen LogP contribution < -0.4 is 32.8 Å². The van der Waals surface area contributed by atoms with Crippen LogP contribution >= 0.6 is 0 Å². The van der Waals surface area contributed by atoms with Crippen LogP contribution in [0.15, 0.2) is 84.9 Å². The van der Waals surface area contributed by atoms with Crippen molar-refractivity contribution in [1.82, 2.24) is 13.7 Å². The smallest absolute Gasteiger partial charge is 0.252 e. The highest BCUT2D eigenvalue weighted by Crippen LogP contribution is 2.52. The van der Waals surface area contributed by atoms with Gasteiger partial charge in [-0.25, -0.2) is 0 Å². The first-order valence-corrected chi connectivity index (χ1v) is 32.4. The van der Waals surface area contributed by atoms with Crippen molar-refractivity contribution in [3.05, 3.63) is 124 Å². The van der Waals surface area contributed by atoms with Crippen LogP contribution in [-0.2, 0) is 21.7 Å². The number of nitrogens with zero attached hydrogens (tertiary/aromatic N) is 3. The van der Waals surface area contributed by atoms with Gasteiger partial charge in [0, 0.05) is 77.0 Å². The minimum Gasteiger partial charge on any atom is -0.311 e. The third-order valence-electron chi connectivity index (χ3n) is 22.5. The van der Waals surface area contributed by atoms with Gasteiger partial charge in [-0.2, -0.15) is 0 Å². The summed E-state index contributed by atoms with van der Waals surface area (Å²) in [7, 11) is 0. The molecule has 3 aromatic heterocycles. The Morgan fingerprint density at radius 3 is 1.15 bits per heavy atom. The van der Waals surface area contributed by atoms with Crippen LogP contribution in [0.2, 0.25) is 0 Å². The van der Waals surface area contributed by atoms with Gasteiger partial charge >= 0.3 is 0 Å². The maximum atomic E-state index is 2.96. The lowest BCUT2D eigenvalue weighted by Crippen LogP contribution is -2.67. The highest BCUT2D eigenvalue weighted by atomic mass is 15.1. The molecule has 0 spiro atoms. The van der Waals surface area contributed by atoms with Gasteiger partial charge in [0.2, 0.25) is 0 Å². The summed E-state index contributed by atoms with van der Waals surface area (Å²) in [6.07, 6.45) is 19.7. The third-order valence-corrected chi connectivity index (χ3v) is 22.5. The van der Waals surface area contributed by atoms with Gasteiger partial charge in [-0.1, -0.05) is 177 Å². The highest BCUT2D eigenvalue weighted by molar-refractivity contribution is 7.04. The molecule has 0 amide bonds. The van der Waals surface area contributed by atoms with Gasteiger partial charge < -0.3 is 13.7 Å². The number of rotatable bonds is 3. The molecule has 7 aromatic carbocycles. The normalized spacial score (nSPS) is 18.4. The van der Waals surface area contributed by atoms with Crippen molar-refractivity contribution in [2.24, 2.45) is 0 Å². The summed E-state index contributed by atoms with van der Waals surface area (Å²) >= 11 is 0. The van der Waals surface area contributed by atoms with Crippen LogP contribution in [0.25, 0.3) is 82.5 Å². The zero-order chi connectivity index (χ0) is 55.3. The number of hydrogen-bond donors (Lipinski definition) is 0. The Morgan fingerprint density at radius 1 is 0.321 bits per heavy atom. The average molecular weight is 1060 g/mol. The van der Waals surface area contributed by atoms with Crippen LogP contribution in [0.5, 0.6) is 0 Å². The van der Waals surface area contributed by atoms with Crippen LogP contribution in [0.1, 0.15) is 236 Å². The lowest BCUT2D eigenvalue weighted by atomic mass is 9.29. The second-order valence-corrected chi connectivity index (χ2v) is 31.6. The second kappa shape index (κ2) is 16.4. The first kappa shape index (κ1) is 49.7. The first-order valence-electron chi connectivity index (χ1n) is 32.4. The molecule has 0 unspecified atom stereocenters. The van der Waals surface area contributed by atoms with E-state index in [9.17, 15) is 0 Å². The third kappa shape index (κ3) is 6.68. The molecule has 10 aromatic rings. The van der Waals surface area contributed by atoms with E-state index in [0.717, 1.165) is 0 Å². The maximum Gasteiger partial charge on any atom is 0.252 e. The van der Waals surface area contributed by atoms with Gasteiger partial charge in [0.25, 0.3) is 13.4 Å². The molecule has 7 heterocycles. The molecule has 81 heavy (non-hydrogen) atoms. The molecular weight excluding hydrogens is 976 g/mol. The molecule has 4 aliphatic heterocycles. The Bertz CT molecular complexity index is 4440. The minimum atomic E-state index is -0.0529. The van der Waals surface area contributed by atoms with Crippen molar-refractivity contribution in [3.8, 4) is 17.1 Å². The highest BCUT2D eigenvalue weighted by Gasteiger charge is 2.52. The van der Waals surface area contributed by atoms with E-state index in [1.807, 2.05) is 0 Å². The van der Waals surface area contributed by atoms with Gasteiger partial charge in [-0.15, -0.1) is 0 Å². The van der Waals surface area contributed by atoms with E-state index in [-0.39, 0.29) is 35.1 Å². The molecule has 3 aliphatic carbocycles. The zero-order valence-electron chi connectivity index (χ0n) is 50.9. The molecule has 408 valence electrons. The van der Waals surface area contributed by atoms with Crippen LogP contribution in [0, 0.1) is 0 Å². The quantitative estimate of drug-likeness (QED) is 0.157. The molecule has 7 aliphatic rings. The Balaban J connectivity index is 1.14. The topological polar surface area (TPSA) is 14.8 Å². The van der Waals surface area contributed by atoms with Crippen LogP contribution in [0.4, 0.5) is 0 Å². The Labute approximate surface area is 482 Å². The standard InChI is InChI=1S/C76H83B2N3/c1-73(2,3)47-29-31-62-52(35-47)54-36-48(74(4,5)6)39-58-67(54)80(62)71-63(44-26-20-15-21-27-44)70-64-72-65(71)78(58)60-41-50(76(10,11)12)38-56-55-37-49(75(7,8)9)40-59(68(55)81(72)69(56)60)77(64)57-34-46(43-24-18-14-19-25-43)33-53-51-32-45(42-22-16-13-17-23-42)28-30-61(51)79(70)66(53)57/h28-44H,13-27H2,1-12H3. The van der Waals surface area contributed by atoms with Crippen molar-refractivity contribution < 1.29 is 0 Å². The van der Waals surface area contributed by atoms with E-state index in [0.29, 0.717) is 17.8 Å². The van der Waals surface area contributed by atoms with Crippen molar-refractivity contribution in [1.29, 1.82) is 0 Å². The fourth-order valence-electron chi connectivity index (χ4n) is 18.2. The maximum absolute atomic E-state index is 2.96. The van der Waals surface area contributed by atoms with Crippen molar-refractivity contribution >= 4 is 112 Å². The molecule has 0 bridgehead atoms. The fraction of sp³-hybridized carbons (Fsp3) is 0.447. The van der Waals surface area contributed by atoms with Gasteiger partial charge in [0.15, 0.2) is 0 Å². The van der Waals surface area contributed by atoms with E-state index < -0.39 is 0 Å². The van der Waals surface area contributed by atoms with Crippen molar-refractivity contribution in [2.45, 2.75) is 219 Å². The van der Waals surface area contributed by atoms with E-state index in [1.54, 1.807) is 33.1 Å². The summed E-state index contributed by atoms with van der Waals surface area (Å²) in [6, 6.07) is 37.4. The van der Waals surface area contributed by atoms with Crippen LogP contribution in [-0.4, -0.2) is 27.1 Å². The van der Waals surface area contributed by atoms with E-state index in [4.69, 9.17) is 0 Å². The lowest BCUT2D eigenvalue weighted by molar-refractivity contribution is 0.442. The van der Waals surface area contributed by atoms with Gasteiger partial charge in [0.05, 0.1) is 11.0 Å². The lowest BCUT2D eigenvalue weighted by Gasteiger charge is -2.44. The molecule has 17 rings (SSSR count). The monoisotopic (exact) mass is 1060 g/mol. The number of hydrogen-bond acceptors (Lipinski definition) is 0. The fourth-order valence-corrected chi connectivity index (χ4v) is 18.2. The van der Waals surface area contributed by atoms with Crippen LogP contribution in [0.3, 0.4) is 0 Å². The van der Waals surface area contributed by atoms with Gasteiger partial charge in [-0.3, -0.25) is 0 Å². The summed E-state index contributed by atoms with van der Waals surface area (Å²) in [4.78, 5) is 0. The summed E-state index contributed by atoms with van der Waals surface area (Å²) in [5.74, 6) is 1.66. The number of aromatic nitrogens is 3. The molecule has 0 atom stereocenters. The first-order chi connectivity index (χ1) is 38.7. The summed E-state index contributed by atoms with van der Waals surface area (Å²) in [5, 5.41) is 8.75. The molecule has 3 fully saturated rings. The molecule has 0 N–H and O–H groups in total. The molecule has 0 radical (unpaired) electrons. The predicted molar refractivity (Wildman–Crippen MR) is 351 cm³/mol. The summed E-state index contributed by atoms with van der Waals surface area (Å²) < 4.78 is 8.81. The van der Waals surface area contributed by atoms with Crippen molar-refractivity contribution in [2.75, 3.05) is 0 Å². The van der Waals surface area contributed by atoms with Crippen molar-refractivity contribution in [3.63, 3.8) is 0 Å². The number of fused-ring (bicyclic) bond motifs is 13. The zero-order valence-corrected chi connectivity index (χ0v) is 50.9. The Kier molecular flexibility index (Phi) is 10.1. The molecular formula is C76H83B2N3. The molecule has 5 heteroatoms. The Morgan fingerprint density at radius 2 is 0.679 bits per heavy atom. The summed E-state index contributed by atoms with van der Waals surface area (Å²) in [5.41, 5.74) is 33.0. The molecule has 3 saturated carbocycles. The second-order valence-electron chi connectivity index (χ2n) is 31.6. The summed E-state index contributed by atoms with van der Waals surface area (Å²) in [6.45, 7) is 29.5. The number of benzene rings is 7. The average Bonchev–Trinajstić information content (AvgIpc) is 1.65. The van der Waals surface area contributed by atoms with Gasteiger partial charge in [0.1, 0.15) is 0 Å². The van der Waals surface area contributed by atoms with E-state index in [2.05, 4.69) is 182 Å². The van der Waals surface area contributed by atoms with E-state index in [1.165, 1.54) is 217 Å². The van der Waals surface area contributed by atoms with Gasteiger partial charge in [-0.05, 0) is 193 Å². The molecule has 0 saturated heterocycles. The Hall–Kier alpha value is -5.93. The van der Waals surface area contributed by atoms with E-state index >= 15 is 0 Å².